The molecule has 132 valence electrons. The van der Waals surface area contributed by atoms with E-state index < -0.39 is 0 Å². The second-order valence-electron chi connectivity index (χ2n) is 5.80. The Morgan fingerprint density at radius 2 is 1.88 bits per heavy atom. The standard InChI is InChI=1S/C18H18FN3O2.ClH/c19-15-5-1-3-13(9-15)11-21-7-8-22(12-17(21)23)18(24)14-4-2-6-16(20)10-14;/h1-6,9-10H,7-8,11-12,20H2;1H. The molecule has 7 heteroatoms. The van der Waals surface area contributed by atoms with Crippen LogP contribution in [-0.4, -0.2) is 41.2 Å². The molecular weight excluding hydrogens is 345 g/mol. The number of rotatable bonds is 3. The first-order valence-electron chi connectivity index (χ1n) is 7.70. The number of nitrogen functional groups attached to an aromatic ring is 1. The maximum absolute atomic E-state index is 13.2. The Morgan fingerprint density at radius 1 is 1.12 bits per heavy atom. The van der Waals surface area contributed by atoms with Crippen molar-refractivity contribution in [3.05, 3.63) is 65.5 Å². The summed E-state index contributed by atoms with van der Waals surface area (Å²) < 4.78 is 13.2. The number of amides is 2. The lowest BCUT2D eigenvalue weighted by Crippen LogP contribution is -2.51. The Kier molecular flexibility index (Phi) is 5.98. The van der Waals surface area contributed by atoms with Gasteiger partial charge in [0.15, 0.2) is 0 Å². The zero-order valence-corrected chi connectivity index (χ0v) is 14.3. The number of anilines is 1. The molecule has 0 saturated carbocycles. The molecule has 25 heavy (non-hydrogen) atoms. The molecule has 0 radical (unpaired) electrons. The highest BCUT2D eigenvalue weighted by atomic mass is 35.5. The van der Waals surface area contributed by atoms with Gasteiger partial charge in [-0.05, 0) is 35.9 Å². The molecule has 0 unspecified atom stereocenters. The fraction of sp³-hybridized carbons (Fsp3) is 0.222. The molecule has 5 nitrogen and oxygen atoms in total. The van der Waals surface area contributed by atoms with Crippen LogP contribution in [0.15, 0.2) is 48.5 Å². The van der Waals surface area contributed by atoms with Gasteiger partial charge in [-0.2, -0.15) is 0 Å². The van der Waals surface area contributed by atoms with Crippen LogP contribution >= 0.6 is 12.4 Å². The first-order valence-corrected chi connectivity index (χ1v) is 7.70. The highest BCUT2D eigenvalue weighted by Crippen LogP contribution is 2.14. The van der Waals surface area contributed by atoms with E-state index in [-0.39, 0.29) is 36.6 Å². The number of nitrogens with zero attached hydrogens (tertiary/aromatic N) is 2. The van der Waals surface area contributed by atoms with Crippen LogP contribution in [0.2, 0.25) is 0 Å². The summed E-state index contributed by atoms with van der Waals surface area (Å²) >= 11 is 0. The third kappa shape index (κ3) is 4.48. The monoisotopic (exact) mass is 363 g/mol. The molecule has 2 amide bonds. The minimum Gasteiger partial charge on any atom is -0.399 e. The van der Waals surface area contributed by atoms with Gasteiger partial charge in [-0.3, -0.25) is 9.59 Å². The summed E-state index contributed by atoms with van der Waals surface area (Å²) in [6.07, 6.45) is 0. The van der Waals surface area contributed by atoms with Gasteiger partial charge in [-0.15, -0.1) is 12.4 Å². The van der Waals surface area contributed by atoms with Gasteiger partial charge in [0.25, 0.3) is 5.91 Å². The summed E-state index contributed by atoms with van der Waals surface area (Å²) in [6.45, 7) is 1.22. The molecule has 0 bridgehead atoms. The van der Waals surface area contributed by atoms with Gasteiger partial charge < -0.3 is 15.5 Å². The van der Waals surface area contributed by atoms with Crippen molar-refractivity contribution in [3.8, 4) is 0 Å². The molecule has 2 N–H and O–H groups in total. The Bertz CT molecular complexity index is 784. The van der Waals surface area contributed by atoms with Crippen molar-refractivity contribution in [2.45, 2.75) is 6.54 Å². The normalized spacial score (nSPS) is 14.2. The summed E-state index contributed by atoms with van der Waals surface area (Å²) in [4.78, 5) is 27.9. The summed E-state index contributed by atoms with van der Waals surface area (Å²) in [7, 11) is 0. The third-order valence-electron chi connectivity index (χ3n) is 4.00. The van der Waals surface area contributed by atoms with Crippen molar-refractivity contribution in [2.75, 3.05) is 25.4 Å². The van der Waals surface area contributed by atoms with Crippen LogP contribution in [0.3, 0.4) is 0 Å². The van der Waals surface area contributed by atoms with Crippen molar-refractivity contribution >= 4 is 29.9 Å². The van der Waals surface area contributed by atoms with Crippen LogP contribution in [0.5, 0.6) is 0 Å². The highest BCUT2D eigenvalue weighted by molar-refractivity contribution is 5.97. The van der Waals surface area contributed by atoms with Gasteiger partial charge in [0.05, 0.1) is 0 Å². The third-order valence-corrected chi connectivity index (χ3v) is 4.00. The van der Waals surface area contributed by atoms with Crippen LogP contribution < -0.4 is 5.73 Å². The molecule has 2 aromatic rings. The first kappa shape index (κ1) is 18.7. The summed E-state index contributed by atoms with van der Waals surface area (Å²) in [6, 6.07) is 12.9. The zero-order valence-electron chi connectivity index (χ0n) is 13.5. The van der Waals surface area contributed by atoms with E-state index in [4.69, 9.17) is 5.73 Å². The molecule has 0 aliphatic carbocycles. The Morgan fingerprint density at radius 3 is 2.56 bits per heavy atom. The van der Waals surface area contributed by atoms with Crippen molar-refractivity contribution < 1.29 is 14.0 Å². The van der Waals surface area contributed by atoms with Crippen molar-refractivity contribution in [3.63, 3.8) is 0 Å². The lowest BCUT2D eigenvalue weighted by molar-refractivity contribution is -0.135. The van der Waals surface area contributed by atoms with Gasteiger partial charge in [-0.25, -0.2) is 4.39 Å². The number of benzene rings is 2. The van der Waals surface area contributed by atoms with Crippen molar-refractivity contribution in [1.29, 1.82) is 0 Å². The highest BCUT2D eigenvalue weighted by Gasteiger charge is 2.27. The fourth-order valence-electron chi connectivity index (χ4n) is 2.76. The van der Waals surface area contributed by atoms with E-state index in [1.165, 1.54) is 17.0 Å². The maximum Gasteiger partial charge on any atom is 0.254 e. The number of nitrogens with two attached hydrogens (primary N) is 1. The quantitative estimate of drug-likeness (QED) is 0.851. The molecule has 1 heterocycles. The largest absolute Gasteiger partial charge is 0.399 e. The summed E-state index contributed by atoms with van der Waals surface area (Å²) in [5, 5.41) is 0. The molecule has 3 rings (SSSR count). The number of carbonyl (C=O) groups is 2. The van der Waals surface area contributed by atoms with Crippen molar-refractivity contribution in [2.24, 2.45) is 0 Å². The van der Waals surface area contributed by atoms with Crippen LogP contribution in [0.4, 0.5) is 10.1 Å². The molecule has 0 atom stereocenters. The number of hydrogen-bond donors (Lipinski definition) is 1. The van der Waals surface area contributed by atoms with Gasteiger partial charge in [0, 0.05) is 30.9 Å². The first-order chi connectivity index (χ1) is 11.5. The maximum atomic E-state index is 13.2. The van der Waals surface area contributed by atoms with Gasteiger partial charge in [0.1, 0.15) is 12.4 Å². The van der Waals surface area contributed by atoms with Crippen LogP contribution in [0, 0.1) is 5.82 Å². The van der Waals surface area contributed by atoms with E-state index in [9.17, 15) is 14.0 Å². The second kappa shape index (κ2) is 7.98. The number of halogens is 2. The predicted molar refractivity (Wildman–Crippen MR) is 95.8 cm³/mol. The van der Waals surface area contributed by atoms with Crippen LogP contribution in [0.1, 0.15) is 15.9 Å². The molecule has 1 aliphatic rings. The Labute approximate surface area is 151 Å². The second-order valence-corrected chi connectivity index (χ2v) is 5.80. The zero-order chi connectivity index (χ0) is 17.1. The van der Waals surface area contributed by atoms with Gasteiger partial charge >= 0.3 is 0 Å². The van der Waals surface area contributed by atoms with Crippen LogP contribution in [0.25, 0.3) is 0 Å². The fourth-order valence-corrected chi connectivity index (χ4v) is 2.76. The minimum absolute atomic E-state index is 0. The van der Waals surface area contributed by atoms with Gasteiger partial charge in [-0.1, -0.05) is 18.2 Å². The molecular formula is C18H19ClFN3O2. The van der Waals surface area contributed by atoms with E-state index in [1.807, 2.05) is 0 Å². The van der Waals surface area contributed by atoms with Crippen LogP contribution in [-0.2, 0) is 11.3 Å². The molecule has 1 saturated heterocycles. The molecule has 2 aromatic carbocycles. The Hall–Kier alpha value is -2.60. The van der Waals surface area contributed by atoms with E-state index >= 15 is 0 Å². The Balaban J connectivity index is 0.00000225. The summed E-state index contributed by atoms with van der Waals surface area (Å²) in [5.41, 5.74) is 7.42. The van der Waals surface area contributed by atoms with E-state index in [1.54, 1.807) is 41.3 Å². The average molecular weight is 364 g/mol. The summed E-state index contributed by atoms with van der Waals surface area (Å²) in [5.74, 6) is -0.681. The smallest absolute Gasteiger partial charge is 0.254 e. The van der Waals surface area contributed by atoms with Gasteiger partial charge in [0.2, 0.25) is 5.91 Å². The van der Waals surface area contributed by atoms with E-state index in [0.29, 0.717) is 30.9 Å². The molecule has 0 spiro atoms. The number of hydrogen-bond acceptors (Lipinski definition) is 3. The lowest BCUT2D eigenvalue weighted by Gasteiger charge is -2.34. The predicted octanol–water partition coefficient (Wildman–Crippen LogP) is 2.31. The van der Waals surface area contributed by atoms with Crippen molar-refractivity contribution in [1.82, 2.24) is 9.80 Å². The molecule has 1 aliphatic heterocycles. The average Bonchev–Trinajstić information content (AvgIpc) is 2.56. The number of piperazine rings is 1. The SMILES string of the molecule is Cl.Nc1cccc(C(=O)N2CCN(Cc3cccc(F)c3)C(=O)C2)c1. The molecule has 1 fully saturated rings. The lowest BCUT2D eigenvalue weighted by atomic mass is 10.1. The van der Waals surface area contributed by atoms with E-state index in [2.05, 4.69) is 0 Å². The minimum atomic E-state index is -0.324. The topological polar surface area (TPSA) is 66.6 Å². The molecule has 0 aromatic heterocycles. The number of carbonyl (C=O) groups excluding carboxylic acids is 2. The van der Waals surface area contributed by atoms with E-state index in [0.717, 1.165) is 5.56 Å².